The van der Waals surface area contributed by atoms with Crippen molar-refractivity contribution < 1.29 is 8.42 Å². The molecule has 2 heterocycles. The maximum absolute atomic E-state index is 13.6. The van der Waals surface area contributed by atoms with Gasteiger partial charge < -0.3 is 4.98 Å². The molecule has 146 valence electrons. The van der Waals surface area contributed by atoms with Crippen LogP contribution in [-0.4, -0.2) is 24.3 Å². The molecule has 0 bridgehead atoms. The highest BCUT2D eigenvalue weighted by atomic mass is 32.2. The summed E-state index contributed by atoms with van der Waals surface area (Å²) in [7, 11) is -3.64. The summed E-state index contributed by atoms with van der Waals surface area (Å²) in [5.74, 6) is 0. The van der Waals surface area contributed by atoms with Gasteiger partial charge in [-0.2, -0.15) is 4.31 Å². The molecule has 4 nitrogen and oxygen atoms in total. The van der Waals surface area contributed by atoms with Gasteiger partial charge in [0.1, 0.15) is 0 Å². The van der Waals surface area contributed by atoms with E-state index in [1.807, 2.05) is 49.4 Å². The Labute approximate surface area is 170 Å². The molecule has 0 aliphatic carbocycles. The lowest BCUT2D eigenvalue weighted by Gasteiger charge is -2.35. The van der Waals surface area contributed by atoms with Crippen LogP contribution in [0.4, 0.5) is 0 Å². The fourth-order valence-corrected chi connectivity index (χ4v) is 5.90. The van der Waals surface area contributed by atoms with E-state index in [9.17, 15) is 8.42 Å². The first-order valence-corrected chi connectivity index (χ1v) is 11.2. The summed E-state index contributed by atoms with van der Waals surface area (Å²) >= 11 is 0. The summed E-state index contributed by atoms with van der Waals surface area (Å²) < 4.78 is 28.8. The molecule has 1 N–H and O–H groups in total. The quantitative estimate of drug-likeness (QED) is 0.534. The van der Waals surface area contributed by atoms with Crippen molar-refractivity contribution in [1.82, 2.24) is 9.29 Å². The van der Waals surface area contributed by atoms with E-state index in [0.717, 1.165) is 22.3 Å². The van der Waals surface area contributed by atoms with Crippen molar-refractivity contribution in [1.29, 1.82) is 0 Å². The Balaban J connectivity index is 1.72. The predicted molar refractivity (Wildman–Crippen MR) is 115 cm³/mol. The Morgan fingerprint density at radius 1 is 0.897 bits per heavy atom. The molecule has 0 fully saturated rings. The first-order chi connectivity index (χ1) is 14.1. The Kier molecular flexibility index (Phi) is 4.30. The third kappa shape index (κ3) is 2.98. The number of aromatic amines is 1. The second-order valence-corrected chi connectivity index (χ2v) is 9.45. The van der Waals surface area contributed by atoms with Crippen LogP contribution < -0.4 is 0 Å². The molecule has 0 radical (unpaired) electrons. The Bertz CT molecular complexity index is 1280. The third-order valence-corrected chi connectivity index (χ3v) is 7.61. The first-order valence-electron chi connectivity index (χ1n) is 9.78. The van der Waals surface area contributed by atoms with Gasteiger partial charge in [0.25, 0.3) is 0 Å². The number of aryl methyl sites for hydroxylation is 1. The van der Waals surface area contributed by atoms with Gasteiger partial charge in [-0.3, -0.25) is 0 Å². The van der Waals surface area contributed by atoms with Crippen LogP contribution >= 0.6 is 0 Å². The minimum Gasteiger partial charge on any atom is -0.357 e. The van der Waals surface area contributed by atoms with Gasteiger partial charge in [-0.1, -0.05) is 66.2 Å². The molecule has 0 unspecified atom stereocenters. The van der Waals surface area contributed by atoms with Crippen LogP contribution in [0, 0.1) is 6.92 Å². The van der Waals surface area contributed by atoms with Crippen molar-refractivity contribution in [3.05, 3.63) is 101 Å². The predicted octanol–water partition coefficient (Wildman–Crippen LogP) is 4.81. The summed E-state index contributed by atoms with van der Waals surface area (Å²) in [5, 5.41) is 1.18. The van der Waals surface area contributed by atoms with E-state index in [1.165, 1.54) is 10.9 Å². The van der Waals surface area contributed by atoms with Gasteiger partial charge in [0.15, 0.2) is 0 Å². The number of nitrogens with one attached hydrogen (secondary N) is 1. The SMILES string of the molecule is Cc1ccc([C@H]2c3[nH]c4ccccc4c3CCN2S(=O)(=O)c2ccccc2)cc1. The van der Waals surface area contributed by atoms with E-state index >= 15 is 0 Å². The van der Waals surface area contributed by atoms with Crippen LogP contribution in [0.3, 0.4) is 0 Å². The lowest BCUT2D eigenvalue weighted by molar-refractivity contribution is 0.340. The topological polar surface area (TPSA) is 53.2 Å². The Morgan fingerprint density at radius 2 is 1.59 bits per heavy atom. The zero-order valence-electron chi connectivity index (χ0n) is 16.2. The van der Waals surface area contributed by atoms with E-state index in [4.69, 9.17) is 0 Å². The molecule has 0 saturated carbocycles. The second-order valence-electron chi connectivity index (χ2n) is 7.55. The molecule has 0 amide bonds. The monoisotopic (exact) mass is 402 g/mol. The zero-order chi connectivity index (χ0) is 20.0. The molecule has 0 spiro atoms. The van der Waals surface area contributed by atoms with Gasteiger partial charge >= 0.3 is 0 Å². The highest BCUT2D eigenvalue weighted by Crippen LogP contribution is 2.41. The summed E-state index contributed by atoms with van der Waals surface area (Å²) in [5.41, 5.74) is 5.36. The van der Waals surface area contributed by atoms with Crippen LogP contribution in [-0.2, 0) is 16.4 Å². The molecule has 5 rings (SSSR count). The number of aromatic nitrogens is 1. The highest BCUT2D eigenvalue weighted by molar-refractivity contribution is 7.89. The van der Waals surface area contributed by atoms with E-state index in [1.54, 1.807) is 28.6 Å². The van der Waals surface area contributed by atoms with Crippen LogP contribution in [0.2, 0.25) is 0 Å². The minimum absolute atomic E-state index is 0.330. The molecular formula is C24H22N2O2S. The van der Waals surface area contributed by atoms with Crippen LogP contribution in [0.15, 0.2) is 83.8 Å². The number of hydrogen-bond donors (Lipinski definition) is 1. The smallest absolute Gasteiger partial charge is 0.244 e. The van der Waals surface area contributed by atoms with Gasteiger partial charge in [0.05, 0.1) is 10.9 Å². The average molecular weight is 403 g/mol. The summed E-state index contributed by atoms with van der Waals surface area (Å²) in [6, 6.07) is 24.7. The van der Waals surface area contributed by atoms with Gasteiger partial charge in [-0.05, 0) is 42.7 Å². The molecule has 1 aliphatic rings. The van der Waals surface area contributed by atoms with Crippen LogP contribution in [0.25, 0.3) is 10.9 Å². The number of H-pyrrole nitrogens is 1. The van der Waals surface area contributed by atoms with Crippen molar-refractivity contribution in [2.45, 2.75) is 24.3 Å². The summed E-state index contributed by atoms with van der Waals surface area (Å²) in [4.78, 5) is 3.86. The van der Waals surface area contributed by atoms with Gasteiger partial charge in [0.2, 0.25) is 10.0 Å². The number of para-hydroxylation sites is 1. The standard InChI is InChI=1S/C24H22N2O2S/c1-17-11-13-18(14-12-17)24-23-21(20-9-5-6-10-22(20)25-23)15-16-26(24)29(27,28)19-7-3-2-4-8-19/h2-14,24-25H,15-16H2,1H3/t24-/m0/s1. The largest absolute Gasteiger partial charge is 0.357 e. The van der Waals surface area contributed by atoms with Crippen molar-refractivity contribution >= 4 is 20.9 Å². The van der Waals surface area contributed by atoms with E-state index in [2.05, 4.69) is 17.1 Å². The second kappa shape index (κ2) is 6.87. The minimum atomic E-state index is -3.64. The van der Waals surface area contributed by atoms with Crippen LogP contribution in [0.5, 0.6) is 0 Å². The van der Waals surface area contributed by atoms with Gasteiger partial charge in [-0.25, -0.2) is 8.42 Å². The Hall–Kier alpha value is -2.89. The van der Waals surface area contributed by atoms with Crippen molar-refractivity contribution in [3.63, 3.8) is 0 Å². The van der Waals surface area contributed by atoms with Crippen molar-refractivity contribution in [3.8, 4) is 0 Å². The maximum Gasteiger partial charge on any atom is 0.244 e. The van der Waals surface area contributed by atoms with Gasteiger partial charge in [0, 0.05) is 23.1 Å². The molecule has 4 aromatic rings. The molecule has 0 saturated heterocycles. The zero-order valence-corrected chi connectivity index (χ0v) is 17.0. The number of rotatable bonds is 3. The van der Waals surface area contributed by atoms with E-state index < -0.39 is 10.0 Å². The average Bonchev–Trinajstić information content (AvgIpc) is 3.13. The lowest BCUT2D eigenvalue weighted by Crippen LogP contribution is -2.40. The highest BCUT2D eigenvalue weighted by Gasteiger charge is 2.39. The summed E-state index contributed by atoms with van der Waals surface area (Å²) in [6.07, 6.45) is 0.688. The number of benzene rings is 3. The molecule has 1 aromatic heterocycles. The molecular weight excluding hydrogens is 380 g/mol. The van der Waals surface area contributed by atoms with E-state index in [0.29, 0.717) is 17.9 Å². The molecule has 3 aromatic carbocycles. The molecule has 1 aliphatic heterocycles. The summed E-state index contributed by atoms with van der Waals surface area (Å²) in [6.45, 7) is 2.49. The van der Waals surface area contributed by atoms with Gasteiger partial charge in [-0.15, -0.1) is 0 Å². The lowest BCUT2D eigenvalue weighted by atomic mass is 9.94. The third-order valence-electron chi connectivity index (χ3n) is 5.73. The maximum atomic E-state index is 13.6. The molecule has 1 atom stereocenters. The number of sulfonamides is 1. The normalized spacial score (nSPS) is 17.3. The van der Waals surface area contributed by atoms with E-state index in [-0.39, 0.29) is 6.04 Å². The van der Waals surface area contributed by atoms with Crippen LogP contribution in [0.1, 0.15) is 28.4 Å². The van der Waals surface area contributed by atoms with Crippen molar-refractivity contribution in [2.75, 3.05) is 6.54 Å². The fraction of sp³-hybridized carbons (Fsp3) is 0.167. The number of hydrogen-bond acceptors (Lipinski definition) is 2. The first kappa shape index (κ1) is 18.2. The Morgan fingerprint density at radius 3 is 2.34 bits per heavy atom. The number of fused-ring (bicyclic) bond motifs is 3. The van der Waals surface area contributed by atoms with Crippen molar-refractivity contribution in [2.24, 2.45) is 0 Å². The fourth-order valence-electron chi connectivity index (χ4n) is 4.29. The molecule has 29 heavy (non-hydrogen) atoms. The molecule has 5 heteroatoms. The number of nitrogens with zero attached hydrogens (tertiary/aromatic N) is 1.